The van der Waals surface area contributed by atoms with Crippen LogP contribution in [0, 0.1) is 13.8 Å². The zero-order valence-electron chi connectivity index (χ0n) is 18.7. The molecule has 1 aliphatic rings. The molecule has 168 valence electrons. The van der Waals surface area contributed by atoms with Gasteiger partial charge in [0.1, 0.15) is 16.1 Å². The summed E-state index contributed by atoms with van der Waals surface area (Å²) in [5.74, 6) is -0.363. The Balaban J connectivity index is 1.58. The lowest BCUT2D eigenvalue weighted by atomic mass is 9.92. The van der Waals surface area contributed by atoms with Crippen molar-refractivity contribution in [1.82, 2.24) is 9.88 Å². The Kier molecular flexibility index (Phi) is 5.30. The number of anilines is 1. The van der Waals surface area contributed by atoms with E-state index < -0.39 is 5.54 Å². The summed E-state index contributed by atoms with van der Waals surface area (Å²) >= 11 is 7.58. The Morgan fingerprint density at radius 1 is 1.12 bits per heavy atom. The topological polar surface area (TPSA) is 54.3 Å². The molecule has 2 aromatic carbocycles. The first-order chi connectivity index (χ1) is 15.8. The number of carbonyl (C=O) groups is 2. The van der Waals surface area contributed by atoms with Crippen LogP contribution < -0.4 is 10.2 Å². The molecule has 2 aromatic heterocycles. The zero-order chi connectivity index (χ0) is 23.3. The highest BCUT2D eigenvalue weighted by Crippen LogP contribution is 2.38. The smallest absolute Gasteiger partial charge is 0.275 e. The fraction of sp³-hybridized carbons (Fsp3) is 0.231. The third kappa shape index (κ3) is 3.63. The van der Waals surface area contributed by atoms with Crippen LogP contribution in [0.25, 0.3) is 10.2 Å². The Morgan fingerprint density at radius 2 is 1.88 bits per heavy atom. The molecule has 0 unspecified atom stereocenters. The predicted molar refractivity (Wildman–Crippen MR) is 134 cm³/mol. The van der Waals surface area contributed by atoms with Gasteiger partial charge in [-0.25, -0.2) is 0 Å². The first kappa shape index (κ1) is 21.7. The zero-order valence-corrected chi connectivity index (χ0v) is 20.3. The van der Waals surface area contributed by atoms with E-state index >= 15 is 0 Å². The van der Waals surface area contributed by atoms with Crippen LogP contribution in [0.2, 0.25) is 5.02 Å². The van der Waals surface area contributed by atoms with E-state index in [1.807, 2.05) is 73.2 Å². The molecule has 2 amide bonds. The monoisotopic (exact) mass is 477 g/mol. The van der Waals surface area contributed by atoms with Crippen molar-refractivity contribution < 1.29 is 9.59 Å². The molecule has 0 bridgehead atoms. The number of benzene rings is 2. The number of nitrogens with one attached hydrogen (secondary N) is 1. The van der Waals surface area contributed by atoms with Gasteiger partial charge < -0.3 is 9.88 Å². The van der Waals surface area contributed by atoms with Gasteiger partial charge in [-0.05, 0) is 73.2 Å². The maximum Gasteiger partial charge on any atom is 0.275 e. The SMILES string of the molecule is Cc1ccc(C)c(N2C(=O)c3cc4ccsc4n3C[C@]2(C)C(=O)NCc2ccc(Cl)cc2)c1. The number of aromatic nitrogens is 1. The van der Waals surface area contributed by atoms with Gasteiger partial charge in [0, 0.05) is 22.6 Å². The molecule has 33 heavy (non-hydrogen) atoms. The van der Waals surface area contributed by atoms with Crippen LogP contribution in [0.15, 0.2) is 60.0 Å². The van der Waals surface area contributed by atoms with Crippen LogP contribution in [-0.4, -0.2) is 21.9 Å². The number of amides is 2. The van der Waals surface area contributed by atoms with Crippen molar-refractivity contribution >= 4 is 50.7 Å². The summed E-state index contributed by atoms with van der Waals surface area (Å²) in [6.45, 7) is 6.55. The Morgan fingerprint density at radius 3 is 2.64 bits per heavy atom. The summed E-state index contributed by atoms with van der Waals surface area (Å²) in [7, 11) is 0. The molecule has 1 atom stereocenters. The quantitative estimate of drug-likeness (QED) is 0.409. The normalized spacial score (nSPS) is 17.9. The summed E-state index contributed by atoms with van der Waals surface area (Å²) in [5.41, 5.74) is 3.20. The van der Waals surface area contributed by atoms with Gasteiger partial charge in [0.05, 0.1) is 6.54 Å². The van der Waals surface area contributed by atoms with Gasteiger partial charge in [-0.3, -0.25) is 14.5 Å². The molecule has 1 N–H and O–H groups in total. The molecule has 0 aliphatic carbocycles. The Hall–Kier alpha value is -3.09. The summed E-state index contributed by atoms with van der Waals surface area (Å²) in [6.07, 6.45) is 0. The molecule has 0 radical (unpaired) electrons. The highest BCUT2D eigenvalue weighted by molar-refractivity contribution is 7.16. The molecule has 7 heteroatoms. The average molecular weight is 478 g/mol. The van der Waals surface area contributed by atoms with Crippen molar-refractivity contribution in [1.29, 1.82) is 0 Å². The second kappa shape index (κ2) is 8.04. The predicted octanol–water partition coefficient (Wildman–Crippen LogP) is 5.71. The number of rotatable bonds is 4. The highest BCUT2D eigenvalue weighted by Gasteiger charge is 2.49. The second-order valence-electron chi connectivity index (χ2n) is 8.81. The largest absolute Gasteiger partial charge is 0.350 e. The maximum atomic E-state index is 13.9. The summed E-state index contributed by atoms with van der Waals surface area (Å²) < 4.78 is 1.99. The van der Waals surface area contributed by atoms with Crippen LogP contribution in [0.5, 0.6) is 0 Å². The van der Waals surface area contributed by atoms with Gasteiger partial charge in [0.2, 0.25) is 5.91 Å². The van der Waals surface area contributed by atoms with Gasteiger partial charge >= 0.3 is 0 Å². The van der Waals surface area contributed by atoms with Gasteiger partial charge in [-0.1, -0.05) is 35.9 Å². The number of thiophene rings is 1. The van der Waals surface area contributed by atoms with Crippen molar-refractivity contribution in [3.05, 3.63) is 87.4 Å². The molecule has 0 saturated carbocycles. The molecule has 1 aliphatic heterocycles. The maximum absolute atomic E-state index is 13.9. The van der Waals surface area contributed by atoms with Crippen LogP contribution in [0.1, 0.15) is 34.1 Å². The number of nitrogens with zero attached hydrogens (tertiary/aromatic N) is 2. The molecular formula is C26H24ClN3O2S. The lowest BCUT2D eigenvalue weighted by Crippen LogP contribution is -2.64. The van der Waals surface area contributed by atoms with Crippen molar-refractivity contribution in [3.8, 4) is 0 Å². The van der Waals surface area contributed by atoms with Gasteiger partial charge in [-0.2, -0.15) is 0 Å². The van der Waals surface area contributed by atoms with Crippen molar-refractivity contribution in [2.75, 3.05) is 4.90 Å². The van der Waals surface area contributed by atoms with Crippen molar-refractivity contribution in [3.63, 3.8) is 0 Å². The summed E-state index contributed by atoms with van der Waals surface area (Å²) in [6, 6.07) is 17.3. The Labute approximate surface area is 201 Å². The number of halogens is 1. The summed E-state index contributed by atoms with van der Waals surface area (Å²) in [5, 5.41) is 6.75. The fourth-order valence-electron chi connectivity index (χ4n) is 4.51. The minimum Gasteiger partial charge on any atom is -0.350 e. The first-order valence-electron chi connectivity index (χ1n) is 10.8. The van der Waals surface area contributed by atoms with Crippen LogP contribution in [-0.2, 0) is 17.9 Å². The average Bonchev–Trinajstić information content (AvgIpc) is 3.38. The van der Waals surface area contributed by atoms with E-state index in [1.165, 1.54) is 0 Å². The Bertz CT molecular complexity index is 1390. The number of hydrogen-bond acceptors (Lipinski definition) is 3. The minimum absolute atomic E-state index is 0.164. The van der Waals surface area contributed by atoms with Gasteiger partial charge in [-0.15, -0.1) is 11.3 Å². The molecule has 0 fully saturated rings. The summed E-state index contributed by atoms with van der Waals surface area (Å²) in [4.78, 5) is 30.3. The van der Waals surface area contributed by atoms with E-state index in [2.05, 4.69) is 5.32 Å². The number of aryl methyl sites for hydroxylation is 2. The molecule has 5 nitrogen and oxygen atoms in total. The van der Waals surface area contributed by atoms with E-state index in [4.69, 9.17) is 11.6 Å². The van der Waals surface area contributed by atoms with E-state index in [1.54, 1.807) is 28.4 Å². The molecule has 4 aromatic rings. The van der Waals surface area contributed by atoms with Crippen LogP contribution in [0.3, 0.4) is 0 Å². The lowest BCUT2D eigenvalue weighted by Gasteiger charge is -2.44. The molecule has 3 heterocycles. The molecule has 0 saturated heterocycles. The standard InChI is InChI=1S/C26H24ClN3O2S/c1-16-4-5-17(2)21(12-16)30-23(31)22-13-19-10-11-33-24(19)29(22)15-26(30,3)25(32)28-14-18-6-8-20(27)9-7-18/h4-13H,14-15H2,1-3H3,(H,28,32)/t26-/m1/s1. The lowest BCUT2D eigenvalue weighted by molar-refractivity contribution is -0.126. The first-order valence-corrected chi connectivity index (χ1v) is 12.0. The molecule has 5 rings (SSSR count). The number of hydrogen-bond donors (Lipinski definition) is 1. The van der Waals surface area contributed by atoms with Crippen LogP contribution >= 0.6 is 22.9 Å². The van der Waals surface area contributed by atoms with Gasteiger partial charge in [0.15, 0.2) is 0 Å². The van der Waals surface area contributed by atoms with Crippen molar-refractivity contribution in [2.24, 2.45) is 0 Å². The third-order valence-corrected chi connectivity index (χ3v) is 7.55. The van der Waals surface area contributed by atoms with Gasteiger partial charge in [0.25, 0.3) is 5.91 Å². The molecule has 0 spiro atoms. The minimum atomic E-state index is -1.11. The highest BCUT2D eigenvalue weighted by atomic mass is 35.5. The van der Waals surface area contributed by atoms with E-state index in [-0.39, 0.29) is 11.8 Å². The van der Waals surface area contributed by atoms with E-state index in [9.17, 15) is 9.59 Å². The number of fused-ring (bicyclic) bond motifs is 3. The molecular weight excluding hydrogens is 454 g/mol. The van der Waals surface area contributed by atoms with E-state index in [0.29, 0.717) is 23.8 Å². The van der Waals surface area contributed by atoms with Crippen molar-refractivity contribution in [2.45, 2.75) is 39.4 Å². The third-order valence-electron chi connectivity index (χ3n) is 6.35. The fourth-order valence-corrected chi connectivity index (χ4v) is 5.53. The van der Waals surface area contributed by atoms with Crippen LogP contribution in [0.4, 0.5) is 5.69 Å². The van der Waals surface area contributed by atoms with E-state index in [0.717, 1.165) is 32.6 Å². The second-order valence-corrected chi connectivity index (χ2v) is 10.1. The number of carbonyl (C=O) groups excluding carboxylic acids is 2.